The third-order valence-electron chi connectivity index (χ3n) is 5.28. The molecule has 2 aliphatic heterocycles. The van der Waals surface area contributed by atoms with Gasteiger partial charge in [0.2, 0.25) is 5.91 Å². The first-order chi connectivity index (χ1) is 13.7. The van der Waals surface area contributed by atoms with Crippen LogP contribution in [0.5, 0.6) is 0 Å². The fourth-order valence-corrected chi connectivity index (χ4v) is 3.66. The largest absolute Gasteiger partial charge is 0.371 e. The molecule has 1 aromatic rings. The van der Waals surface area contributed by atoms with Crippen LogP contribution in [0.1, 0.15) is 39.0 Å². The molecular weight excluding hydrogens is 356 g/mol. The monoisotopic (exact) mass is 388 g/mol. The van der Waals surface area contributed by atoms with Gasteiger partial charge in [-0.25, -0.2) is 0 Å². The van der Waals surface area contributed by atoms with E-state index in [2.05, 4.69) is 33.8 Å². The number of hydrogen-bond acceptors (Lipinski definition) is 5. The van der Waals surface area contributed by atoms with Gasteiger partial charge in [-0.3, -0.25) is 9.59 Å². The van der Waals surface area contributed by atoms with Crippen molar-refractivity contribution in [2.45, 2.75) is 51.2 Å². The van der Waals surface area contributed by atoms with E-state index in [1.54, 1.807) is 0 Å². The highest BCUT2D eigenvalue weighted by atomic mass is 16.5. The highest BCUT2D eigenvalue weighted by Crippen LogP contribution is 2.23. The first-order valence-corrected chi connectivity index (χ1v) is 10.5. The molecule has 3 rings (SSSR count). The molecule has 7 heteroatoms. The average Bonchev–Trinajstić information content (AvgIpc) is 3.26. The molecule has 2 atom stereocenters. The first kappa shape index (κ1) is 20.6. The van der Waals surface area contributed by atoms with Crippen LogP contribution in [0.2, 0.25) is 0 Å². The Kier molecular flexibility index (Phi) is 7.68. The summed E-state index contributed by atoms with van der Waals surface area (Å²) in [7, 11) is 0. The number of amides is 2. The molecule has 0 saturated carbocycles. The Balaban J connectivity index is 1.62. The van der Waals surface area contributed by atoms with Gasteiger partial charge in [-0.2, -0.15) is 0 Å². The SMILES string of the molecule is CCCCC(NC(=O)C1CNCCO1)C(=O)Nc1cccc(N2CCCC2)c1. The van der Waals surface area contributed by atoms with E-state index in [1.165, 1.54) is 12.8 Å². The molecule has 0 bridgehead atoms. The maximum atomic E-state index is 12.9. The van der Waals surface area contributed by atoms with Gasteiger partial charge in [0.05, 0.1) is 6.61 Å². The Morgan fingerprint density at radius 2 is 2.14 bits per heavy atom. The summed E-state index contributed by atoms with van der Waals surface area (Å²) in [6, 6.07) is 7.38. The van der Waals surface area contributed by atoms with E-state index in [1.807, 2.05) is 18.2 Å². The van der Waals surface area contributed by atoms with Crippen LogP contribution in [0.25, 0.3) is 0 Å². The second-order valence-corrected chi connectivity index (χ2v) is 7.50. The van der Waals surface area contributed by atoms with Crippen molar-refractivity contribution in [1.82, 2.24) is 10.6 Å². The summed E-state index contributed by atoms with van der Waals surface area (Å²) in [5.74, 6) is -0.404. The van der Waals surface area contributed by atoms with Crippen LogP contribution in [0.4, 0.5) is 11.4 Å². The Bertz CT molecular complexity index is 655. The van der Waals surface area contributed by atoms with Gasteiger partial charge >= 0.3 is 0 Å². The number of nitrogens with one attached hydrogen (secondary N) is 3. The highest BCUT2D eigenvalue weighted by molar-refractivity contribution is 5.98. The van der Waals surface area contributed by atoms with Crippen molar-refractivity contribution in [3.63, 3.8) is 0 Å². The van der Waals surface area contributed by atoms with E-state index < -0.39 is 12.1 Å². The first-order valence-electron chi connectivity index (χ1n) is 10.5. The van der Waals surface area contributed by atoms with Crippen LogP contribution in [-0.4, -0.2) is 56.7 Å². The van der Waals surface area contributed by atoms with E-state index in [9.17, 15) is 9.59 Å². The van der Waals surface area contributed by atoms with Gasteiger partial charge in [0.1, 0.15) is 12.1 Å². The molecule has 2 fully saturated rings. The zero-order valence-corrected chi connectivity index (χ0v) is 16.7. The van der Waals surface area contributed by atoms with E-state index in [0.29, 0.717) is 19.6 Å². The van der Waals surface area contributed by atoms with Gasteiger partial charge in [0, 0.05) is 37.6 Å². The molecule has 3 N–H and O–H groups in total. The number of carbonyl (C=O) groups excluding carboxylic acids is 2. The maximum Gasteiger partial charge on any atom is 0.251 e. The number of nitrogens with zero attached hydrogens (tertiary/aromatic N) is 1. The lowest BCUT2D eigenvalue weighted by Crippen LogP contribution is -2.52. The molecule has 1 aromatic carbocycles. The quantitative estimate of drug-likeness (QED) is 0.634. The molecule has 2 aliphatic rings. The van der Waals surface area contributed by atoms with Gasteiger partial charge in [-0.1, -0.05) is 25.8 Å². The van der Waals surface area contributed by atoms with Crippen LogP contribution in [0.15, 0.2) is 24.3 Å². The number of anilines is 2. The van der Waals surface area contributed by atoms with Crippen molar-refractivity contribution >= 4 is 23.2 Å². The number of morpholine rings is 1. The molecule has 2 saturated heterocycles. The third-order valence-corrected chi connectivity index (χ3v) is 5.28. The van der Waals surface area contributed by atoms with E-state index in [-0.39, 0.29) is 11.8 Å². The molecule has 0 spiro atoms. The summed E-state index contributed by atoms with van der Waals surface area (Å²) in [5, 5.41) is 9.01. The van der Waals surface area contributed by atoms with Gasteiger partial charge in [-0.15, -0.1) is 0 Å². The summed E-state index contributed by atoms with van der Waals surface area (Å²) >= 11 is 0. The predicted octanol–water partition coefficient (Wildman–Crippen LogP) is 1.89. The smallest absolute Gasteiger partial charge is 0.251 e. The number of unbranched alkanes of at least 4 members (excludes halogenated alkanes) is 1. The van der Waals surface area contributed by atoms with Gasteiger partial charge < -0.3 is 25.6 Å². The predicted molar refractivity (Wildman–Crippen MR) is 111 cm³/mol. The molecule has 154 valence electrons. The standard InChI is InChI=1S/C21H32N4O3/c1-2-3-9-18(24-21(27)19-15-22-10-13-28-19)20(26)23-16-7-6-8-17(14-16)25-11-4-5-12-25/h6-8,14,18-19,22H,2-5,9-13,15H2,1H3,(H,23,26)(H,24,27). The Morgan fingerprint density at radius 3 is 2.86 bits per heavy atom. The van der Waals surface area contributed by atoms with Crippen LogP contribution in [0, 0.1) is 0 Å². The maximum absolute atomic E-state index is 12.9. The highest BCUT2D eigenvalue weighted by Gasteiger charge is 2.27. The van der Waals surface area contributed by atoms with E-state index in [4.69, 9.17) is 4.74 Å². The number of ether oxygens (including phenoxy) is 1. The fraction of sp³-hybridized carbons (Fsp3) is 0.619. The van der Waals surface area contributed by atoms with Crippen molar-refractivity contribution in [3.05, 3.63) is 24.3 Å². The molecule has 2 heterocycles. The van der Waals surface area contributed by atoms with Crippen molar-refractivity contribution in [2.75, 3.05) is 43.0 Å². The van der Waals surface area contributed by atoms with Crippen molar-refractivity contribution in [2.24, 2.45) is 0 Å². The molecule has 2 unspecified atom stereocenters. The van der Waals surface area contributed by atoms with Crippen molar-refractivity contribution in [3.8, 4) is 0 Å². The molecule has 28 heavy (non-hydrogen) atoms. The van der Waals surface area contributed by atoms with E-state index >= 15 is 0 Å². The Hall–Kier alpha value is -2.12. The number of carbonyl (C=O) groups is 2. The average molecular weight is 389 g/mol. The fourth-order valence-electron chi connectivity index (χ4n) is 3.66. The van der Waals surface area contributed by atoms with Crippen LogP contribution >= 0.6 is 0 Å². The lowest BCUT2D eigenvalue weighted by molar-refractivity contribution is -0.137. The van der Waals surface area contributed by atoms with Crippen LogP contribution in [0.3, 0.4) is 0 Å². The number of benzene rings is 1. The molecular formula is C21H32N4O3. The minimum atomic E-state index is -0.562. The van der Waals surface area contributed by atoms with Crippen molar-refractivity contribution < 1.29 is 14.3 Å². The molecule has 7 nitrogen and oxygen atoms in total. The van der Waals surface area contributed by atoms with Gasteiger partial charge in [-0.05, 0) is 37.5 Å². The van der Waals surface area contributed by atoms with Crippen LogP contribution < -0.4 is 20.9 Å². The van der Waals surface area contributed by atoms with Crippen molar-refractivity contribution in [1.29, 1.82) is 0 Å². The van der Waals surface area contributed by atoms with Crippen LogP contribution in [-0.2, 0) is 14.3 Å². The summed E-state index contributed by atoms with van der Waals surface area (Å²) < 4.78 is 5.50. The topological polar surface area (TPSA) is 82.7 Å². The molecule has 0 aromatic heterocycles. The molecule has 2 amide bonds. The minimum Gasteiger partial charge on any atom is -0.371 e. The minimum absolute atomic E-state index is 0.177. The zero-order valence-electron chi connectivity index (χ0n) is 16.7. The summed E-state index contributed by atoms with van der Waals surface area (Å²) in [6.45, 7) is 5.92. The number of hydrogen-bond donors (Lipinski definition) is 3. The van der Waals surface area contributed by atoms with Gasteiger partial charge in [0.15, 0.2) is 0 Å². The second kappa shape index (κ2) is 10.4. The molecule has 0 radical (unpaired) electrons. The lowest BCUT2D eigenvalue weighted by atomic mass is 10.1. The Morgan fingerprint density at radius 1 is 1.32 bits per heavy atom. The lowest BCUT2D eigenvalue weighted by Gasteiger charge is -2.25. The summed E-state index contributed by atoms with van der Waals surface area (Å²) in [5.41, 5.74) is 1.90. The summed E-state index contributed by atoms with van der Waals surface area (Å²) in [4.78, 5) is 27.7. The normalized spacial score (nSPS) is 20.6. The zero-order chi connectivity index (χ0) is 19.8. The summed E-state index contributed by atoms with van der Waals surface area (Å²) in [6.07, 6.45) is 4.32. The number of rotatable bonds is 8. The molecule has 0 aliphatic carbocycles. The Labute approximate surface area is 167 Å². The van der Waals surface area contributed by atoms with E-state index in [0.717, 1.165) is 43.9 Å². The van der Waals surface area contributed by atoms with Gasteiger partial charge in [0.25, 0.3) is 5.91 Å². The second-order valence-electron chi connectivity index (χ2n) is 7.50. The third kappa shape index (κ3) is 5.69.